The maximum Gasteiger partial charge on any atom is 0.271 e. The largest absolute Gasteiger partial charge is 0.496 e. The number of carbonyl (C=O) groups excluding carboxylic acids is 1. The zero-order valence-electron chi connectivity index (χ0n) is 23.9. The Bertz CT molecular complexity index is 1920. The van der Waals surface area contributed by atoms with Crippen molar-refractivity contribution in [2.75, 3.05) is 20.2 Å². The number of nitro groups is 1. The fraction of sp³-hybridized carbons (Fsp3) is 0.233. The Morgan fingerprint density at radius 2 is 1.88 bits per heavy atom. The highest BCUT2D eigenvalue weighted by Gasteiger charge is 2.35. The molecule has 0 aliphatic carbocycles. The highest BCUT2D eigenvalue weighted by atomic mass is 32.2. The molecule has 5 rings (SSSR count). The summed E-state index contributed by atoms with van der Waals surface area (Å²) in [5.74, 6) is 0.318. The van der Waals surface area contributed by atoms with Gasteiger partial charge in [0.05, 0.1) is 27.8 Å². The number of fused-ring (bicyclic) bond motifs is 1. The van der Waals surface area contributed by atoms with Crippen molar-refractivity contribution in [3.63, 3.8) is 0 Å². The summed E-state index contributed by atoms with van der Waals surface area (Å²) in [7, 11) is 1.54. The van der Waals surface area contributed by atoms with E-state index in [1.807, 2.05) is 32.0 Å². The van der Waals surface area contributed by atoms with Crippen LogP contribution in [-0.4, -0.2) is 50.5 Å². The summed E-state index contributed by atoms with van der Waals surface area (Å²) in [6, 6.07) is 12.6. The fourth-order valence-electron chi connectivity index (χ4n) is 4.90. The fourth-order valence-corrected chi connectivity index (χ4v) is 6.73. The van der Waals surface area contributed by atoms with Crippen molar-refractivity contribution in [1.82, 2.24) is 19.4 Å². The number of rotatable bonds is 9. The van der Waals surface area contributed by atoms with E-state index in [1.54, 1.807) is 55.6 Å². The maximum absolute atomic E-state index is 14.2. The lowest BCUT2D eigenvalue weighted by Gasteiger charge is -2.29. The van der Waals surface area contributed by atoms with Gasteiger partial charge in [-0.15, -0.1) is 0 Å². The molecule has 220 valence electrons. The summed E-state index contributed by atoms with van der Waals surface area (Å²) in [5, 5.41) is 12.1. The van der Waals surface area contributed by atoms with Crippen LogP contribution in [0.4, 0.5) is 5.69 Å². The second kappa shape index (κ2) is 12.7. The standard InChI is InChI=1S/C30H28N6O5S2/c1-5-34(6-2)28(38)25-18(3)33-30-35(26(25)21-10-7-8-11-22(21)41-4)27(37)24(43-30)17-19-16-20(36(39)40)12-13-23(19)42-29-31-14-9-15-32-29/h7-17,26H,5-6H2,1-4H3/b24-17-/t26-/m0/s1. The quantitative estimate of drug-likeness (QED) is 0.157. The van der Waals surface area contributed by atoms with E-state index in [0.29, 0.717) is 60.6 Å². The second-order valence-corrected chi connectivity index (χ2v) is 11.4. The number of amides is 1. The molecule has 0 fully saturated rings. The molecule has 0 bridgehead atoms. The van der Waals surface area contributed by atoms with E-state index in [-0.39, 0.29) is 17.2 Å². The summed E-state index contributed by atoms with van der Waals surface area (Å²) < 4.78 is 7.49. The third-order valence-corrected chi connectivity index (χ3v) is 8.94. The summed E-state index contributed by atoms with van der Waals surface area (Å²) >= 11 is 2.38. The van der Waals surface area contributed by atoms with Crippen LogP contribution in [-0.2, 0) is 4.79 Å². The van der Waals surface area contributed by atoms with Gasteiger partial charge in [-0.05, 0) is 62.4 Å². The molecule has 1 atom stereocenters. The molecule has 1 amide bonds. The number of hydrogen-bond donors (Lipinski definition) is 0. The Morgan fingerprint density at radius 3 is 2.56 bits per heavy atom. The minimum Gasteiger partial charge on any atom is -0.496 e. The monoisotopic (exact) mass is 616 g/mol. The van der Waals surface area contributed by atoms with Crippen LogP contribution in [0.5, 0.6) is 5.75 Å². The zero-order chi connectivity index (χ0) is 30.7. The van der Waals surface area contributed by atoms with Gasteiger partial charge in [0, 0.05) is 48.1 Å². The Balaban J connectivity index is 1.74. The van der Waals surface area contributed by atoms with Crippen LogP contribution in [0, 0.1) is 10.1 Å². The van der Waals surface area contributed by atoms with Crippen molar-refractivity contribution in [1.29, 1.82) is 0 Å². The number of benzene rings is 2. The summed E-state index contributed by atoms with van der Waals surface area (Å²) in [6.45, 7) is 6.56. The SMILES string of the molecule is CCN(CC)C(=O)C1=C(C)N=c2s/c(=C\c3cc([N+](=O)[O-])ccc3Sc3ncccn3)c(=O)n2[C@H]1c1ccccc1OC. The molecular formula is C30H28N6O5S2. The molecule has 13 heteroatoms. The number of likely N-dealkylation sites (N-methyl/N-ethyl adjacent to an activating group) is 1. The van der Waals surface area contributed by atoms with Gasteiger partial charge in [0.15, 0.2) is 9.96 Å². The van der Waals surface area contributed by atoms with E-state index in [2.05, 4.69) is 9.97 Å². The Kier molecular flexibility index (Phi) is 8.83. The van der Waals surface area contributed by atoms with Gasteiger partial charge in [0.1, 0.15) is 11.8 Å². The van der Waals surface area contributed by atoms with Gasteiger partial charge >= 0.3 is 0 Å². The third kappa shape index (κ3) is 5.86. The number of hydrogen-bond acceptors (Lipinski definition) is 10. The molecular weight excluding hydrogens is 589 g/mol. The Hall–Kier alpha value is -4.62. The molecule has 3 heterocycles. The molecule has 0 spiro atoms. The average molecular weight is 617 g/mol. The number of thiazole rings is 1. The first-order valence-corrected chi connectivity index (χ1v) is 15.1. The lowest BCUT2D eigenvalue weighted by Crippen LogP contribution is -2.43. The van der Waals surface area contributed by atoms with Crippen molar-refractivity contribution in [3.05, 3.63) is 113 Å². The zero-order valence-corrected chi connectivity index (χ0v) is 25.5. The van der Waals surface area contributed by atoms with Gasteiger partial charge in [-0.3, -0.25) is 24.3 Å². The van der Waals surface area contributed by atoms with E-state index in [4.69, 9.17) is 9.73 Å². The van der Waals surface area contributed by atoms with Gasteiger partial charge in [-0.1, -0.05) is 29.5 Å². The van der Waals surface area contributed by atoms with Crippen LogP contribution >= 0.6 is 23.1 Å². The van der Waals surface area contributed by atoms with Crippen LogP contribution in [0.1, 0.15) is 37.9 Å². The number of non-ortho nitro benzene ring substituents is 1. The lowest BCUT2D eigenvalue weighted by molar-refractivity contribution is -0.384. The molecule has 1 aliphatic rings. The number of carbonyl (C=O) groups is 1. The number of methoxy groups -OCH3 is 1. The van der Waals surface area contributed by atoms with Crippen LogP contribution < -0.4 is 19.6 Å². The number of ether oxygens (including phenoxy) is 1. The molecule has 0 N–H and O–H groups in total. The second-order valence-electron chi connectivity index (χ2n) is 9.41. The van der Waals surface area contributed by atoms with Gasteiger partial charge in [-0.2, -0.15) is 0 Å². The minimum absolute atomic E-state index is 0.118. The predicted molar refractivity (Wildman–Crippen MR) is 164 cm³/mol. The smallest absolute Gasteiger partial charge is 0.271 e. The first-order chi connectivity index (χ1) is 20.8. The normalized spacial score (nSPS) is 14.7. The van der Waals surface area contributed by atoms with Crippen molar-refractivity contribution >= 4 is 40.8 Å². The number of nitrogens with zero attached hydrogens (tertiary/aromatic N) is 6. The van der Waals surface area contributed by atoms with Gasteiger partial charge in [0.25, 0.3) is 17.2 Å². The van der Waals surface area contributed by atoms with Crippen LogP contribution in [0.25, 0.3) is 6.08 Å². The summed E-state index contributed by atoms with van der Waals surface area (Å²) in [5.41, 5.74) is 1.51. The topological polar surface area (TPSA) is 133 Å². The third-order valence-electron chi connectivity index (χ3n) is 6.97. The summed E-state index contributed by atoms with van der Waals surface area (Å²) in [4.78, 5) is 55.2. The number of para-hydroxylation sites is 1. The molecule has 0 unspecified atom stereocenters. The molecule has 2 aromatic heterocycles. The number of aromatic nitrogens is 3. The predicted octanol–water partition coefficient (Wildman–Crippen LogP) is 3.96. The number of nitro benzene ring substituents is 1. The van der Waals surface area contributed by atoms with Crippen LogP contribution in [0.3, 0.4) is 0 Å². The van der Waals surface area contributed by atoms with E-state index >= 15 is 0 Å². The van der Waals surface area contributed by atoms with Crippen molar-refractivity contribution < 1.29 is 14.5 Å². The maximum atomic E-state index is 14.2. The van der Waals surface area contributed by atoms with Crippen molar-refractivity contribution in [3.8, 4) is 5.75 Å². The van der Waals surface area contributed by atoms with Gasteiger partial charge < -0.3 is 9.64 Å². The van der Waals surface area contributed by atoms with E-state index in [9.17, 15) is 19.7 Å². The van der Waals surface area contributed by atoms with Gasteiger partial charge in [-0.25, -0.2) is 15.0 Å². The summed E-state index contributed by atoms with van der Waals surface area (Å²) in [6.07, 6.45) is 4.83. The molecule has 0 saturated heterocycles. The van der Waals surface area contributed by atoms with Crippen molar-refractivity contribution in [2.24, 2.45) is 4.99 Å². The molecule has 43 heavy (non-hydrogen) atoms. The molecule has 11 nitrogen and oxygen atoms in total. The minimum atomic E-state index is -0.792. The molecule has 0 radical (unpaired) electrons. The van der Waals surface area contributed by atoms with Crippen LogP contribution in [0.15, 0.2) is 92.0 Å². The van der Waals surface area contributed by atoms with Gasteiger partial charge in [0.2, 0.25) is 0 Å². The lowest BCUT2D eigenvalue weighted by atomic mass is 9.94. The molecule has 1 aliphatic heterocycles. The molecule has 0 saturated carbocycles. The molecule has 2 aromatic carbocycles. The Labute approximate surface area is 255 Å². The highest BCUT2D eigenvalue weighted by molar-refractivity contribution is 7.99. The van der Waals surface area contributed by atoms with Crippen LogP contribution in [0.2, 0.25) is 0 Å². The first-order valence-electron chi connectivity index (χ1n) is 13.4. The van der Waals surface area contributed by atoms with E-state index in [1.165, 1.54) is 28.5 Å². The highest BCUT2D eigenvalue weighted by Crippen LogP contribution is 2.36. The molecule has 4 aromatic rings. The van der Waals surface area contributed by atoms with E-state index in [0.717, 1.165) is 11.3 Å². The number of allylic oxidation sites excluding steroid dienone is 1. The first kappa shape index (κ1) is 29.9. The Morgan fingerprint density at radius 1 is 1.16 bits per heavy atom. The van der Waals surface area contributed by atoms with Crippen molar-refractivity contribution in [2.45, 2.75) is 36.9 Å². The van der Waals surface area contributed by atoms with E-state index < -0.39 is 11.0 Å². The average Bonchev–Trinajstić information content (AvgIpc) is 3.31.